The number of carbonyl (C=O) groups is 3. The van der Waals surface area contributed by atoms with Crippen molar-refractivity contribution < 1.29 is 23.6 Å². The molecule has 0 spiro atoms. The summed E-state index contributed by atoms with van der Waals surface area (Å²) in [5.74, 6) is 0.0581. The number of amides is 2. The number of likely N-dealkylation sites (N-methyl/N-ethyl adjacent to an activating group) is 1. The smallest absolute Gasteiger partial charge is 0.310 e. The molecule has 0 aliphatic carbocycles. The maximum absolute atomic E-state index is 12.6. The lowest BCUT2D eigenvalue weighted by Crippen LogP contribution is -2.47. The Morgan fingerprint density at radius 2 is 2.03 bits per heavy atom. The lowest BCUT2D eigenvalue weighted by Gasteiger charge is -2.32. The minimum absolute atomic E-state index is 0.0182. The highest BCUT2D eigenvalue weighted by Crippen LogP contribution is 2.20. The molecule has 0 N–H and O–H groups in total. The van der Waals surface area contributed by atoms with Crippen LogP contribution in [0.1, 0.15) is 38.5 Å². The van der Waals surface area contributed by atoms with Gasteiger partial charge in [0.25, 0.3) is 0 Å². The number of aryl methyl sites for hydroxylation is 1. The number of nitrogens with zero attached hydrogens (tertiary/aromatic N) is 4. The van der Waals surface area contributed by atoms with Crippen LogP contribution in [-0.4, -0.2) is 71.0 Å². The summed E-state index contributed by atoms with van der Waals surface area (Å²) in [7, 11) is 1.61. The molecule has 0 bridgehead atoms. The molecule has 0 radical (unpaired) electrons. The number of hydrogen-bond acceptors (Lipinski definition) is 7. The lowest BCUT2D eigenvalue weighted by molar-refractivity contribution is -0.152. The Bertz CT molecular complexity index is 962. The second-order valence-electron chi connectivity index (χ2n) is 8.05. The second-order valence-corrected chi connectivity index (χ2v) is 8.49. The maximum atomic E-state index is 12.6. The van der Waals surface area contributed by atoms with Crippen LogP contribution >= 0.6 is 11.6 Å². The third kappa shape index (κ3) is 7.02. The zero-order chi connectivity index (χ0) is 23.8. The van der Waals surface area contributed by atoms with Gasteiger partial charge in [0.05, 0.1) is 19.1 Å². The quantitative estimate of drug-likeness (QED) is 0.512. The molecule has 1 saturated heterocycles. The van der Waals surface area contributed by atoms with Crippen LogP contribution in [0.4, 0.5) is 0 Å². The van der Waals surface area contributed by atoms with E-state index >= 15 is 0 Å². The van der Waals surface area contributed by atoms with Crippen molar-refractivity contribution in [2.24, 2.45) is 5.92 Å². The summed E-state index contributed by atoms with van der Waals surface area (Å²) in [4.78, 5) is 44.5. The molecule has 1 atom stereocenters. The minimum atomic E-state index is -0.296. The Morgan fingerprint density at radius 3 is 2.76 bits per heavy atom. The van der Waals surface area contributed by atoms with Crippen molar-refractivity contribution in [1.29, 1.82) is 0 Å². The fourth-order valence-electron chi connectivity index (χ4n) is 3.70. The van der Waals surface area contributed by atoms with Gasteiger partial charge in [0.1, 0.15) is 0 Å². The Kier molecular flexibility index (Phi) is 8.82. The third-order valence-electron chi connectivity index (χ3n) is 5.54. The minimum Gasteiger partial charge on any atom is -0.466 e. The van der Waals surface area contributed by atoms with Gasteiger partial charge in [-0.25, -0.2) is 0 Å². The van der Waals surface area contributed by atoms with Gasteiger partial charge in [0, 0.05) is 43.6 Å². The van der Waals surface area contributed by atoms with E-state index in [2.05, 4.69) is 10.1 Å². The van der Waals surface area contributed by atoms with Crippen molar-refractivity contribution in [3.63, 3.8) is 0 Å². The number of hydrogen-bond donors (Lipinski definition) is 0. The molecule has 2 amide bonds. The average Bonchev–Trinajstić information content (AvgIpc) is 3.28. The van der Waals surface area contributed by atoms with Crippen LogP contribution in [-0.2, 0) is 25.5 Å². The first kappa shape index (κ1) is 24.7. The highest BCUT2D eigenvalue weighted by atomic mass is 35.5. The Hall–Kier alpha value is -2.94. The van der Waals surface area contributed by atoms with Gasteiger partial charge in [-0.05, 0) is 50.5 Å². The summed E-state index contributed by atoms with van der Waals surface area (Å²) in [6, 6.07) is 7.13. The fraction of sp³-hybridized carbons (Fsp3) is 0.522. The molecule has 1 unspecified atom stereocenters. The largest absolute Gasteiger partial charge is 0.466 e. The van der Waals surface area contributed by atoms with Gasteiger partial charge in [-0.2, -0.15) is 4.98 Å². The molecule has 9 nitrogen and oxygen atoms in total. The van der Waals surface area contributed by atoms with Crippen molar-refractivity contribution in [2.45, 2.75) is 39.0 Å². The van der Waals surface area contributed by atoms with E-state index in [4.69, 9.17) is 20.9 Å². The number of carbonyl (C=O) groups excluding carboxylic acids is 3. The van der Waals surface area contributed by atoms with Crippen LogP contribution in [0.25, 0.3) is 11.4 Å². The van der Waals surface area contributed by atoms with Crippen molar-refractivity contribution in [3.8, 4) is 11.4 Å². The van der Waals surface area contributed by atoms with Crippen molar-refractivity contribution >= 4 is 29.4 Å². The van der Waals surface area contributed by atoms with Crippen LogP contribution in [0.15, 0.2) is 28.8 Å². The van der Waals surface area contributed by atoms with Gasteiger partial charge in [0.2, 0.25) is 23.5 Å². The number of esters is 1. The number of halogens is 1. The molecular formula is C23H29ClN4O5. The van der Waals surface area contributed by atoms with Crippen molar-refractivity contribution in [1.82, 2.24) is 19.9 Å². The highest BCUT2D eigenvalue weighted by molar-refractivity contribution is 6.30. The fourth-order valence-corrected chi connectivity index (χ4v) is 3.83. The van der Waals surface area contributed by atoms with Crippen molar-refractivity contribution in [2.75, 3.05) is 33.3 Å². The van der Waals surface area contributed by atoms with Crippen LogP contribution < -0.4 is 0 Å². The van der Waals surface area contributed by atoms with Gasteiger partial charge in [-0.1, -0.05) is 16.8 Å². The lowest BCUT2D eigenvalue weighted by atomic mass is 9.98. The highest BCUT2D eigenvalue weighted by Gasteiger charge is 2.30. The molecule has 2 heterocycles. The average molecular weight is 477 g/mol. The third-order valence-corrected chi connectivity index (χ3v) is 5.80. The first-order chi connectivity index (χ1) is 15.9. The number of likely N-dealkylation sites (tertiary alicyclic amines) is 1. The zero-order valence-electron chi connectivity index (χ0n) is 19.0. The van der Waals surface area contributed by atoms with E-state index in [0.29, 0.717) is 55.7 Å². The van der Waals surface area contributed by atoms with E-state index in [1.54, 1.807) is 31.0 Å². The van der Waals surface area contributed by atoms with E-state index in [1.165, 1.54) is 4.90 Å². The number of aromatic nitrogens is 2. The summed E-state index contributed by atoms with van der Waals surface area (Å²) >= 11 is 5.89. The molecule has 1 aliphatic rings. The van der Waals surface area contributed by atoms with Crippen LogP contribution in [0.2, 0.25) is 5.02 Å². The van der Waals surface area contributed by atoms with E-state index in [9.17, 15) is 14.4 Å². The summed E-state index contributed by atoms with van der Waals surface area (Å²) in [5.41, 5.74) is 0.798. The summed E-state index contributed by atoms with van der Waals surface area (Å²) in [5, 5.41) is 4.59. The molecule has 10 heteroatoms. The van der Waals surface area contributed by atoms with E-state index < -0.39 is 0 Å². The number of ether oxygens (including phenoxy) is 1. The predicted molar refractivity (Wildman–Crippen MR) is 121 cm³/mol. The van der Waals surface area contributed by atoms with E-state index in [0.717, 1.165) is 12.0 Å². The van der Waals surface area contributed by atoms with E-state index in [1.807, 2.05) is 12.1 Å². The topological polar surface area (TPSA) is 106 Å². The maximum Gasteiger partial charge on any atom is 0.310 e. The van der Waals surface area contributed by atoms with Crippen LogP contribution in [0.3, 0.4) is 0 Å². The molecule has 2 aromatic rings. The zero-order valence-corrected chi connectivity index (χ0v) is 19.7. The summed E-state index contributed by atoms with van der Waals surface area (Å²) < 4.78 is 10.3. The van der Waals surface area contributed by atoms with Crippen LogP contribution in [0, 0.1) is 5.92 Å². The van der Waals surface area contributed by atoms with Gasteiger partial charge < -0.3 is 19.1 Å². The molecule has 1 aliphatic heterocycles. The Labute approximate surface area is 198 Å². The Morgan fingerprint density at radius 1 is 1.27 bits per heavy atom. The molecule has 178 valence electrons. The van der Waals surface area contributed by atoms with Crippen molar-refractivity contribution in [3.05, 3.63) is 35.2 Å². The van der Waals surface area contributed by atoms with Crippen LogP contribution in [0.5, 0.6) is 0 Å². The van der Waals surface area contributed by atoms with E-state index in [-0.39, 0.29) is 36.7 Å². The second kappa shape index (κ2) is 11.8. The Balaban J connectivity index is 1.42. The van der Waals surface area contributed by atoms with Gasteiger partial charge in [0.15, 0.2) is 0 Å². The molecule has 1 aromatic heterocycles. The number of rotatable bonds is 9. The monoisotopic (exact) mass is 476 g/mol. The first-order valence-electron chi connectivity index (χ1n) is 11.1. The molecule has 3 rings (SSSR count). The normalized spacial score (nSPS) is 15.8. The van der Waals surface area contributed by atoms with Gasteiger partial charge >= 0.3 is 5.97 Å². The number of piperidine rings is 1. The molecule has 1 aromatic carbocycles. The predicted octanol–water partition coefficient (Wildman–Crippen LogP) is 2.97. The molecular weight excluding hydrogens is 448 g/mol. The molecule has 0 saturated carbocycles. The summed E-state index contributed by atoms with van der Waals surface area (Å²) in [6.07, 6.45) is 2.70. The van der Waals surface area contributed by atoms with Gasteiger partial charge in [-0.3, -0.25) is 14.4 Å². The first-order valence-corrected chi connectivity index (χ1v) is 11.5. The number of benzene rings is 1. The van der Waals surface area contributed by atoms with Gasteiger partial charge in [-0.15, -0.1) is 0 Å². The standard InChI is InChI=1S/C23H29ClN4O5/c1-3-32-23(31)17-6-5-13-28(14-17)21(30)15-27(2)20(29)8-4-7-19-25-22(26-33-19)16-9-11-18(24)12-10-16/h9-12,17H,3-8,13-15H2,1-2H3. The molecule has 1 fully saturated rings. The SMILES string of the molecule is CCOC(=O)C1CCCN(C(=O)CN(C)C(=O)CCCc2nc(-c3ccc(Cl)cc3)no2)C1. The molecule has 33 heavy (non-hydrogen) atoms. The summed E-state index contributed by atoms with van der Waals surface area (Å²) in [6.45, 7) is 3.00.